The molecular weight excluding hydrogens is 451 g/mol. The number of benzene rings is 1. The minimum Gasteiger partial charge on any atom is -0.361 e. The van der Waals surface area contributed by atoms with Crippen LogP contribution in [-0.2, 0) is 12.0 Å². The SMILES string of the molecule is Cc1noc(C)c1-c1cnc2c(-c3ccc(C4(C#N)CC4)cc3)cn(CC3CCC(C)(F)CC3)c2c1. The lowest BCUT2D eigenvalue weighted by molar-refractivity contribution is 0.0985. The maximum atomic E-state index is 14.4. The van der Waals surface area contributed by atoms with Crippen molar-refractivity contribution >= 4 is 11.0 Å². The average Bonchev–Trinajstić information content (AvgIpc) is 3.50. The first-order chi connectivity index (χ1) is 17.3. The lowest BCUT2D eigenvalue weighted by atomic mass is 9.81. The standard InChI is InChI=1S/C30H31FN4O/c1-19-27(20(2)36-34-19)23-14-26-28(33-15-23)25(17-35(26)16-21-8-10-29(3,31)11-9-21)22-4-6-24(7-5-22)30(18-32)12-13-30/h4-7,14-15,17,21H,8-13,16H2,1-3H3. The number of hydrogen-bond acceptors (Lipinski definition) is 4. The zero-order valence-corrected chi connectivity index (χ0v) is 21.1. The first kappa shape index (κ1) is 23.0. The Labute approximate surface area is 210 Å². The van der Waals surface area contributed by atoms with Crippen molar-refractivity contribution in [3.8, 4) is 28.3 Å². The average molecular weight is 483 g/mol. The number of rotatable bonds is 5. The number of aromatic nitrogens is 3. The van der Waals surface area contributed by atoms with Crippen LogP contribution < -0.4 is 0 Å². The highest BCUT2D eigenvalue weighted by molar-refractivity contribution is 5.95. The number of fused-ring (bicyclic) bond motifs is 1. The number of halogens is 1. The number of aryl methyl sites for hydroxylation is 2. The lowest BCUT2D eigenvalue weighted by Gasteiger charge is -2.31. The van der Waals surface area contributed by atoms with E-state index in [0.29, 0.717) is 18.8 Å². The maximum absolute atomic E-state index is 14.4. The summed E-state index contributed by atoms with van der Waals surface area (Å²) in [6.45, 7) is 6.45. The quantitative estimate of drug-likeness (QED) is 0.296. The highest BCUT2D eigenvalue weighted by Gasteiger charge is 2.44. The van der Waals surface area contributed by atoms with E-state index >= 15 is 0 Å². The number of pyridine rings is 1. The lowest BCUT2D eigenvalue weighted by Crippen LogP contribution is -2.27. The van der Waals surface area contributed by atoms with Gasteiger partial charge in [0.15, 0.2) is 0 Å². The van der Waals surface area contributed by atoms with Gasteiger partial charge in [-0.1, -0.05) is 29.4 Å². The number of alkyl halides is 1. The van der Waals surface area contributed by atoms with Crippen LogP contribution in [0.15, 0.2) is 47.2 Å². The van der Waals surface area contributed by atoms with Gasteiger partial charge in [-0.05, 0) is 82.4 Å². The summed E-state index contributed by atoms with van der Waals surface area (Å²) in [6.07, 6.45) is 9.00. The van der Waals surface area contributed by atoms with Gasteiger partial charge in [0.05, 0.1) is 28.2 Å². The molecule has 0 unspecified atom stereocenters. The molecule has 6 rings (SSSR count). The zero-order chi connectivity index (χ0) is 25.1. The smallest absolute Gasteiger partial charge is 0.141 e. The van der Waals surface area contributed by atoms with Crippen molar-refractivity contribution < 1.29 is 8.91 Å². The fraction of sp³-hybridized carbons (Fsp3) is 0.433. The molecule has 0 N–H and O–H groups in total. The van der Waals surface area contributed by atoms with Crippen LogP contribution in [0.3, 0.4) is 0 Å². The van der Waals surface area contributed by atoms with E-state index in [4.69, 9.17) is 9.51 Å². The third-order valence-corrected chi connectivity index (χ3v) is 8.35. The van der Waals surface area contributed by atoms with Crippen LogP contribution in [-0.4, -0.2) is 20.4 Å². The second-order valence-electron chi connectivity index (χ2n) is 11.1. The van der Waals surface area contributed by atoms with Crippen LogP contribution in [0.2, 0.25) is 0 Å². The Kier molecular flexibility index (Phi) is 5.29. The van der Waals surface area contributed by atoms with Gasteiger partial charge in [-0.2, -0.15) is 5.26 Å². The molecule has 2 aliphatic rings. The minimum absolute atomic E-state index is 0.292. The van der Waals surface area contributed by atoms with Crippen LogP contribution in [0.1, 0.15) is 62.5 Å². The molecule has 2 fully saturated rings. The van der Waals surface area contributed by atoms with E-state index in [9.17, 15) is 9.65 Å². The van der Waals surface area contributed by atoms with Gasteiger partial charge in [-0.15, -0.1) is 0 Å². The summed E-state index contributed by atoms with van der Waals surface area (Å²) >= 11 is 0. The zero-order valence-electron chi connectivity index (χ0n) is 21.1. The molecule has 0 saturated heterocycles. The molecule has 3 aromatic heterocycles. The molecule has 2 saturated carbocycles. The molecule has 36 heavy (non-hydrogen) atoms. The maximum Gasteiger partial charge on any atom is 0.141 e. The first-order valence-electron chi connectivity index (χ1n) is 12.9. The minimum atomic E-state index is -1.04. The summed E-state index contributed by atoms with van der Waals surface area (Å²) in [5, 5.41) is 13.7. The molecule has 6 heteroatoms. The van der Waals surface area contributed by atoms with E-state index in [2.05, 4.69) is 52.3 Å². The summed E-state index contributed by atoms with van der Waals surface area (Å²) in [5.74, 6) is 1.22. The Bertz CT molecular complexity index is 1450. The predicted molar refractivity (Wildman–Crippen MR) is 138 cm³/mol. The van der Waals surface area contributed by atoms with Crippen LogP contribution in [0.4, 0.5) is 4.39 Å². The molecule has 0 radical (unpaired) electrons. The van der Waals surface area contributed by atoms with Gasteiger partial charge in [0, 0.05) is 35.6 Å². The summed E-state index contributed by atoms with van der Waals surface area (Å²) in [6, 6.07) is 13.1. The normalized spacial score (nSPS) is 23.0. The molecule has 0 bridgehead atoms. The van der Waals surface area contributed by atoms with Crippen LogP contribution in [0.25, 0.3) is 33.3 Å². The topological polar surface area (TPSA) is 67.6 Å². The third-order valence-electron chi connectivity index (χ3n) is 8.35. The van der Waals surface area contributed by atoms with Gasteiger partial charge in [-0.25, -0.2) is 4.39 Å². The molecule has 0 aliphatic heterocycles. The van der Waals surface area contributed by atoms with Crippen molar-refractivity contribution in [2.75, 3.05) is 0 Å². The summed E-state index contributed by atoms with van der Waals surface area (Å²) in [7, 11) is 0. The van der Waals surface area contributed by atoms with Crippen molar-refractivity contribution in [1.29, 1.82) is 5.26 Å². The number of hydrogen-bond donors (Lipinski definition) is 0. The van der Waals surface area contributed by atoms with Gasteiger partial charge in [-0.3, -0.25) is 4.98 Å². The fourth-order valence-electron chi connectivity index (χ4n) is 5.86. The fourth-order valence-corrected chi connectivity index (χ4v) is 5.86. The van der Waals surface area contributed by atoms with Crippen LogP contribution in [0.5, 0.6) is 0 Å². The van der Waals surface area contributed by atoms with Gasteiger partial charge < -0.3 is 9.09 Å². The van der Waals surface area contributed by atoms with Crippen molar-refractivity contribution in [2.24, 2.45) is 5.92 Å². The highest BCUT2D eigenvalue weighted by atomic mass is 19.1. The first-order valence-corrected chi connectivity index (χ1v) is 12.9. The molecule has 0 amide bonds. The highest BCUT2D eigenvalue weighted by Crippen LogP contribution is 2.48. The summed E-state index contributed by atoms with van der Waals surface area (Å²) < 4.78 is 22.2. The monoisotopic (exact) mass is 482 g/mol. The van der Waals surface area contributed by atoms with Crippen molar-refractivity contribution in [2.45, 2.75) is 76.9 Å². The third kappa shape index (κ3) is 3.91. The van der Waals surface area contributed by atoms with E-state index in [1.807, 2.05) is 20.0 Å². The van der Waals surface area contributed by atoms with Crippen molar-refractivity contribution in [3.05, 3.63) is 59.7 Å². The Morgan fingerprint density at radius 3 is 2.44 bits per heavy atom. The molecular formula is C30H31FN4O. The number of nitrogens with zero attached hydrogens (tertiary/aromatic N) is 4. The van der Waals surface area contributed by atoms with Crippen LogP contribution in [0, 0.1) is 31.1 Å². The Morgan fingerprint density at radius 1 is 1.11 bits per heavy atom. The van der Waals surface area contributed by atoms with Crippen molar-refractivity contribution in [3.63, 3.8) is 0 Å². The second kappa shape index (κ2) is 8.30. The van der Waals surface area contributed by atoms with Gasteiger partial charge in [0.2, 0.25) is 0 Å². The Hall–Kier alpha value is -3.46. The second-order valence-corrected chi connectivity index (χ2v) is 11.1. The Balaban J connectivity index is 1.42. The van der Waals surface area contributed by atoms with Crippen LogP contribution >= 0.6 is 0 Å². The van der Waals surface area contributed by atoms with E-state index in [-0.39, 0.29) is 5.41 Å². The Morgan fingerprint density at radius 2 is 1.83 bits per heavy atom. The summed E-state index contributed by atoms with van der Waals surface area (Å²) in [4.78, 5) is 4.93. The van der Waals surface area contributed by atoms with E-state index in [1.165, 1.54) is 0 Å². The molecule has 4 aromatic rings. The molecule has 0 spiro atoms. The molecule has 0 atom stereocenters. The predicted octanol–water partition coefficient (Wildman–Crippen LogP) is 7.45. The molecule has 1 aromatic carbocycles. The van der Waals surface area contributed by atoms with Gasteiger partial charge in [0.25, 0.3) is 0 Å². The largest absolute Gasteiger partial charge is 0.361 e. The van der Waals surface area contributed by atoms with E-state index < -0.39 is 5.67 Å². The molecule has 5 nitrogen and oxygen atoms in total. The van der Waals surface area contributed by atoms with E-state index in [0.717, 1.165) is 82.5 Å². The van der Waals surface area contributed by atoms with E-state index in [1.54, 1.807) is 6.92 Å². The molecule has 3 heterocycles. The summed E-state index contributed by atoms with van der Waals surface area (Å²) in [5.41, 5.74) is 6.78. The number of nitriles is 1. The molecule has 184 valence electrons. The van der Waals surface area contributed by atoms with Gasteiger partial charge in [0.1, 0.15) is 11.4 Å². The van der Waals surface area contributed by atoms with Crippen molar-refractivity contribution in [1.82, 2.24) is 14.7 Å². The molecule has 2 aliphatic carbocycles. The van der Waals surface area contributed by atoms with Gasteiger partial charge >= 0.3 is 0 Å².